The van der Waals surface area contributed by atoms with Crippen LogP contribution in [0.1, 0.15) is 43.7 Å². The number of carbonyl (C=O) groups is 2. The molecule has 1 atom stereocenters. The zero-order valence-electron chi connectivity index (χ0n) is 19.7. The fraction of sp³-hybridized carbons (Fsp3) is 0.440. The third-order valence-electron chi connectivity index (χ3n) is 5.83. The molecule has 0 radical (unpaired) electrons. The highest BCUT2D eigenvalue weighted by molar-refractivity contribution is 7.89. The first kappa shape index (κ1) is 27.1. The predicted octanol–water partition coefficient (Wildman–Crippen LogP) is 2.63. The van der Waals surface area contributed by atoms with Gasteiger partial charge in [0, 0.05) is 37.2 Å². The van der Waals surface area contributed by atoms with Crippen LogP contribution >= 0.6 is 11.6 Å². The van der Waals surface area contributed by atoms with Crippen LogP contribution in [0.5, 0.6) is 0 Å². The van der Waals surface area contributed by atoms with Crippen molar-refractivity contribution in [1.29, 1.82) is 0 Å². The number of hydrogen-bond donors (Lipinski definition) is 3. The molecule has 190 valence electrons. The largest absolute Gasteiger partial charge is 0.396 e. The maximum Gasteiger partial charge on any atom is 0.242 e. The minimum absolute atomic E-state index is 0.0290. The van der Waals surface area contributed by atoms with Crippen LogP contribution in [0.15, 0.2) is 53.4 Å². The summed E-state index contributed by atoms with van der Waals surface area (Å²) in [6, 6.07) is 12.9. The number of nitrogens with zero attached hydrogens (tertiary/aromatic N) is 1. The molecule has 1 aliphatic carbocycles. The number of amides is 2. The summed E-state index contributed by atoms with van der Waals surface area (Å²) in [7, 11) is -3.52. The van der Waals surface area contributed by atoms with Crippen LogP contribution in [0.4, 0.5) is 0 Å². The van der Waals surface area contributed by atoms with Gasteiger partial charge in [-0.15, -0.1) is 0 Å². The molecule has 1 saturated carbocycles. The molecule has 0 spiro atoms. The maximum absolute atomic E-state index is 13.2. The van der Waals surface area contributed by atoms with Gasteiger partial charge in [-0.25, -0.2) is 13.1 Å². The van der Waals surface area contributed by atoms with Crippen LogP contribution in [0.2, 0.25) is 5.02 Å². The van der Waals surface area contributed by atoms with E-state index in [0.29, 0.717) is 24.4 Å². The zero-order chi connectivity index (χ0) is 25.4. The van der Waals surface area contributed by atoms with Crippen molar-refractivity contribution in [2.24, 2.45) is 0 Å². The normalized spacial score (nSPS) is 14.4. The lowest BCUT2D eigenvalue weighted by Gasteiger charge is -2.29. The predicted molar refractivity (Wildman–Crippen MR) is 134 cm³/mol. The number of aryl methyl sites for hydroxylation is 1. The number of sulfonamides is 1. The monoisotopic (exact) mass is 521 g/mol. The van der Waals surface area contributed by atoms with E-state index >= 15 is 0 Å². The summed E-state index contributed by atoms with van der Waals surface area (Å²) in [4.78, 5) is 27.5. The molecule has 0 unspecified atom stereocenters. The van der Waals surface area contributed by atoms with Gasteiger partial charge in [-0.3, -0.25) is 9.59 Å². The van der Waals surface area contributed by atoms with E-state index in [2.05, 4.69) is 10.0 Å². The number of rotatable bonds is 13. The first-order valence-electron chi connectivity index (χ1n) is 11.7. The smallest absolute Gasteiger partial charge is 0.242 e. The van der Waals surface area contributed by atoms with Gasteiger partial charge in [-0.05, 0) is 68.0 Å². The third kappa shape index (κ3) is 8.31. The molecule has 2 aromatic rings. The Labute approximate surface area is 211 Å². The number of hydrogen-bond acceptors (Lipinski definition) is 5. The van der Waals surface area contributed by atoms with E-state index in [0.717, 1.165) is 24.0 Å². The Kier molecular flexibility index (Phi) is 9.68. The van der Waals surface area contributed by atoms with Crippen molar-refractivity contribution < 1.29 is 23.1 Å². The molecule has 0 heterocycles. The topological polar surface area (TPSA) is 116 Å². The van der Waals surface area contributed by atoms with E-state index in [1.807, 2.05) is 12.1 Å². The Morgan fingerprint density at radius 1 is 1.09 bits per heavy atom. The number of carbonyl (C=O) groups excluding carboxylic acids is 2. The van der Waals surface area contributed by atoms with Gasteiger partial charge in [0.25, 0.3) is 0 Å². The van der Waals surface area contributed by atoms with Crippen molar-refractivity contribution >= 4 is 33.4 Å². The number of halogens is 1. The average molecular weight is 522 g/mol. The standard InChI is InChI=1S/C25H32ClN3O5S/c1-18(25(32)27-15-2-16-30)29(17-20-3-8-21(26)9-4-20)24(31)14-7-19-5-12-23(13-6-19)35(33,34)28-22-10-11-22/h3-6,8-9,12-13,18,22,28,30H,2,7,10-11,14-17H2,1H3,(H,27,32)/t18-/m1/s1. The van der Waals surface area contributed by atoms with E-state index in [-0.39, 0.29) is 42.3 Å². The van der Waals surface area contributed by atoms with Gasteiger partial charge in [-0.1, -0.05) is 35.9 Å². The molecule has 1 fully saturated rings. The van der Waals surface area contributed by atoms with E-state index in [1.54, 1.807) is 43.3 Å². The van der Waals surface area contributed by atoms with Crippen molar-refractivity contribution in [3.05, 3.63) is 64.7 Å². The number of benzene rings is 2. The summed E-state index contributed by atoms with van der Waals surface area (Å²) < 4.78 is 27.3. The van der Waals surface area contributed by atoms with Gasteiger partial charge < -0.3 is 15.3 Å². The molecule has 3 N–H and O–H groups in total. The Bertz CT molecular complexity index is 1100. The highest BCUT2D eigenvalue weighted by Gasteiger charge is 2.28. The van der Waals surface area contributed by atoms with Gasteiger partial charge in [0.1, 0.15) is 6.04 Å². The number of aliphatic hydroxyl groups excluding tert-OH is 1. The van der Waals surface area contributed by atoms with Crippen molar-refractivity contribution in [2.75, 3.05) is 13.2 Å². The molecule has 2 aromatic carbocycles. The third-order valence-corrected chi connectivity index (χ3v) is 7.62. The molecule has 35 heavy (non-hydrogen) atoms. The minimum Gasteiger partial charge on any atom is -0.396 e. The minimum atomic E-state index is -3.52. The summed E-state index contributed by atoms with van der Waals surface area (Å²) in [5, 5.41) is 12.3. The summed E-state index contributed by atoms with van der Waals surface area (Å²) in [5.41, 5.74) is 1.67. The van der Waals surface area contributed by atoms with Crippen molar-refractivity contribution in [3.8, 4) is 0 Å². The van der Waals surface area contributed by atoms with Gasteiger partial charge >= 0.3 is 0 Å². The summed E-state index contributed by atoms with van der Waals surface area (Å²) in [5.74, 6) is -0.490. The van der Waals surface area contributed by atoms with Crippen LogP contribution in [0.25, 0.3) is 0 Å². The number of aliphatic hydroxyl groups is 1. The Morgan fingerprint density at radius 3 is 2.31 bits per heavy atom. The fourth-order valence-electron chi connectivity index (χ4n) is 3.53. The van der Waals surface area contributed by atoms with Crippen LogP contribution in [-0.2, 0) is 32.6 Å². The Morgan fingerprint density at radius 2 is 1.71 bits per heavy atom. The molecule has 1 aliphatic rings. The summed E-state index contributed by atoms with van der Waals surface area (Å²) in [6.45, 7) is 2.22. The van der Waals surface area contributed by atoms with Gasteiger partial charge in [0.15, 0.2) is 0 Å². The van der Waals surface area contributed by atoms with Gasteiger partial charge in [0.2, 0.25) is 21.8 Å². The van der Waals surface area contributed by atoms with Crippen molar-refractivity contribution in [2.45, 2.75) is 62.6 Å². The molecule has 0 aromatic heterocycles. The van der Waals surface area contributed by atoms with Crippen molar-refractivity contribution in [3.63, 3.8) is 0 Å². The van der Waals surface area contributed by atoms with Gasteiger partial charge in [-0.2, -0.15) is 0 Å². The van der Waals surface area contributed by atoms with Crippen LogP contribution in [-0.4, -0.2) is 55.5 Å². The SMILES string of the molecule is C[C@H](C(=O)NCCCO)N(Cc1ccc(Cl)cc1)C(=O)CCc1ccc(S(=O)(=O)NC2CC2)cc1. The highest BCUT2D eigenvalue weighted by Crippen LogP contribution is 2.22. The molecule has 10 heteroatoms. The highest BCUT2D eigenvalue weighted by atomic mass is 35.5. The lowest BCUT2D eigenvalue weighted by Crippen LogP contribution is -2.48. The average Bonchev–Trinajstić information content (AvgIpc) is 3.65. The summed E-state index contributed by atoms with van der Waals surface area (Å²) in [6.07, 6.45) is 2.73. The van der Waals surface area contributed by atoms with Crippen LogP contribution in [0.3, 0.4) is 0 Å². The summed E-state index contributed by atoms with van der Waals surface area (Å²) >= 11 is 5.97. The lowest BCUT2D eigenvalue weighted by molar-refractivity contribution is -0.140. The zero-order valence-corrected chi connectivity index (χ0v) is 21.3. The number of nitrogens with one attached hydrogen (secondary N) is 2. The van der Waals surface area contributed by atoms with E-state index in [9.17, 15) is 18.0 Å². The van der Waals surface area contributed by atoms with E-state index < -0.39 is 16.1 Å². The first-order chi connectivity index (χ1) is 16.7. The van der Waals surface area contributed by atoms with Crippen LogP contribution in [0, 0.1) is 0 Å². The molecule has 2 amide bonds. The molecule has 0 saturated heterocycles. The second-order valence-electron chi connectivity index (χ2n) is 8.73. The second-order valence-corrected chi connectivity index (χ2v) is 10.9. The molecule has 3 rings (SSSR count). The molecular weight excluding hydrogens is 490 g/mol. The molecular formula is C25H32ClN3O5S. The van der Waals surface area contributed by atoms with E-state index in [4.69, 9.17) is 16.7 Å². The lowest BCUT2D eigenvalue weighted by atomic mass is 10.1. The van der Waals surface area contributed by atoms with Crippen molar-refractivity contribution in [1.82, 2.24) is 14.9 Å². The fourth-order valence-corrected chi connectivity index (χ4v) is 4.96. The maximum atomic E-state index is 13.2. The van der Waals surface area contributed by atoms with E-state index in [1.165, 1.54) is 4.90 Å². The molecule has 8 nitrogen and oxygen atoms in total. The Hall–Kier alpha value is -2.46. The second kappa shape index (κ2) is 12.5. The molecule has 0 bridgehead atoms. The quantitative estimate of drug-likeness (QED) is 0.350. The van der Waals surface area contributed by atoms with Gasteiger partial charge in [0.05, 0.1) is 4.90 Å². The first-order valence-corrected chi connectivity index (χ1v) is 13.6. The van der Waals surface area contributed by atoms with Crippen LogP contribution < -0.4 is 10.0 Å². The molecule has 0 aliphatic heterocycles. The Balaban J connectivity index is 1.65.